The number of rotatable bonds is 3. The number of ketones is 1. The van der Waals surface area contributed by atoms with E-state index in [9.17, 15) is 4.79 Å². The first-order valence-electron chi connectivity index (χ1n) is 9.85. The van der Waals surface area contributed by atoms with Crippen LogP contribution in [0.25, 0.3) is 0 Å². The SMILES string of the molecule is CN(C(=S)N[C@H]1C[C@@H]2CC[C@@H]1C2)[C@]1(c2ccccc2Cl)CCCCC1=O. The summed E-state index contributed by atoms with van der Waals surface area (Å²) in [7, 11) is 1.97. The van der Waals surface area contributed by atoms with E-state index >= 15 is 0 Å². The van der Waals surface area contributed by atoms with E-state index < -0.39 is 5.54 Å². The molecular weight excluding hydrogens is 364 g/mol. The summed E-state index contributed by atoms with van der Waals surface area (Å²) in [5.41, 5.74) is 0.157. The number of nitrogens with one attached hydrogen (secondary N) is 1. The van der Waals surface area contributed by atoms with E-state index in [1.165, 1.54) is 25.7 Å². The van der Waals surface area contributed by atoms with Crippen LogP contribution in [0.3, 0.4) is 0 Å². The lowest BCUT2D eigenvalue weighted by atomic mass is 9.74. The van der Waals surface area contributed by atoms with Crippen molar-refractivity contribution < 1.29 is 4.79 Å². The second-order valence-corrected chi connectivity index (χ2v) is 9.05. The van der Waals surface area contributed by atoms with E-state index in [1.54, 1.807) is 0 Å². The van der Waals surface area contributed by atoms with Crippen molar-refractivity contribution in [2.24, 2.45) is 11.8 Å². The highest BCUT2D eigenvalue weighted by Gasteiger charge is 2.48. The van der Waals surface area contributed by atoms with Gasteiger partial charge >= 0.3 is 0 Å². The highest BCUT2D eigenvalue weighted by molar-refractivity contribution is 7.80. The van der Waals surface area contributed by atoms with Crippen LogP contribution in [0.1, 0.15) is 56.9 Å². The number of likely N-dealkylation sites (N-methyl/N-ethyl adjacent to an activating group) is 1. The summed E-state index contributed by atoms with van der Waals surface area (Å²) < 4.78 is 0. The van der Waals surface area contributed by atoms with Crippen molar-refractivity contribution in [2.75, 3.05) is 7.05 Å². The zero-order chi connectivity index (χ0) is 18.3. The highest BCUT2D eigenvalue weighted by atomic mass is 35.5. The van der Waals surface area contributed by atoms with E-state index in [-0.39, 0.29) is 5.78 Å². The van der Waals surface area contributed by atoms with Gasteiger partial charge in [-0.25, -0.2) is 0 Å². The van der Waals surface area contributed by atoms with Crippen LogP contribution in [0.5, 0.6) is 0 Å². The zero-order valence-electron chi connectivity index (χ0n) is 15.3. The maximum atomic E-state index is 13.2. The molecule has 0 spiro atoms. The molecule has 4 atom stereocenters. The van der Waals surface area contributed by atoms with Crippen LogP contribution in [-0.2, 0) is 10.3 Å². The third kappa shape index (κ3) is 2.95. The fourth-order valence-corrected chi connectivity index (χ4v) is 6.08. The quantitative estimate of drug-likeness (QED) is 0.760. The van der Waals surface area contributed by atoms with E-state index in [1.807, 2.05) is 36.2 Å². The lowest BCUT2D eigenvalue weighted by molar-refractivity contribution is -0.131. The molecule has 4 rings (SSSR count). The fourth-order valence-electron chi connectivity index (χ4n) is 5.48. The second-order valence-electron chi connectivity index (χ2n) is 8.26. The number of carbonyl (C=O) groups is 1. The first-order valence-corrected chi connectivity index (χ1v) is 10.6. The number of benzene rings is 1. The molecular formula is C21H27ClN2OS. The maximum absolute atomic E-state index is 13.2. The summed E-state index contributed by atoms with van der Waals surface area (Å²) in [6.45, 7) is 0. The average molecular weight is 391 g/mol. The van der Waals surface area contributed by atoms with Crippen LogP contribution in [0.15, 0.2) is 24.3 Å². The van der Waals surface area contributed by atoms with Crippen molar-refractivity contribution in [3.8, 4) is 0 Å². The standard InChI is InChI=1S/C21H27ClN2OS/c1-24(20(26)23-18-13-14-9-10-15(18)12-14)21(11-5-4-8-19(21)25)16-6-2-3-7-17(16)22/h2-3,6-7,14-15,18H,4-5,8-13H2,1H3,(H,23,26)/t14-,15-,18+,21+/m1/s1. The topological polar surface area (TPSA) is 32.3 Å². The molecule has 0 saturated heterocycles. The third-order valence-electron chi connectivity index (χ3n) is 6.90. The summed E-state index contributed by atoms with van der Waals surface area (Å²) in [6.07, 6.45) is 8.54. The predicted octanol–water partition coefficient (Wildman–Crippen LogP) is 4.67. The predicted molar refractivity (Wildman–Crippen MR) is 109 cm³/mol. The lowest BCUT2D eigenvalue weighted by Crippen LogP contribution is -2.58. The molecule has 1 aromatic rings. The minimum Gasteiger partial charge on any atom is -0.360 e. The Morgan fingerprint density at radius 1 is 1.27 bits per heavy atom. The third-order valence-corrected chi connectivity index (χ3v) is 7.62. The Labute approximate surface area is 166 Å². The molecule has 0 radical (unpaired) electrons. The van der Waals surface area contributed by atoms with Crippen molar-refractivity contribution in [2.45, 2.75) is 62.9 Å². The van der Waals surface area contributed by atoms with Gasteiger partial charge in [-0.1, -0.05) is 36.2 Å². The molecule has 1 N–H and O–H groups in total. The normalized spacial score (nSPS) is 33.3. The number of hydrogen-bond acceptors (Lipinski definition) is 2. The molecule has 5 heteroatoms. The zero-order valence-corrected chi connectivity index (χ0v) is 16.9. The van der Waals surface area contributed by atoms with Gasteiger partial charge in [0.2, 0.25) is 0 Å². The number of thiocarbonyl (C=S) groups is 1. The van der Waals surface area contributed by atoms with Gasteiger partial charge in [-0.3, -0.25) is 4.79 Å². The molecule has 3 saturated carbocycles. The largest absolute Gasteiger partial charge is 0.360 e. The number of Topliss-reactive ketones (excluding diaryl/α,β-unsaturated/α-hetero) is 1. The van der Waals surface area contributed by atoms with Crippen LogP contribution in [0.2, 0.25) is 5.02 Å². The molecule has 1 aromatic carbocycles. The second kappa shape index (κ2) is 7.12. The van der Waals surface area contributed by atoms with E-state index in [4.69, 9.17) is 23.8 Å². The molecule has 26 heavy (non-hydrogen) atoms. The fraction of sp³-hybridized carbons (Fsp3) is 0.619. The van der Waals surface area contributed by atoms with E-state index in [0.717, 1.165) is 36.7 Å². The minimum absolute atomic E-state index is 0.233. The van der Waals surface area contributed by atoms with Crippen LogP contribution in [0.4, 0.5) is 0 Å². The molecule has 3 nitrogen and oxygen atoms in total. The van der Waals surface area contributed by atoms with Crippen molar-refractivity contribution in [1.82, 2.24) is 10.2 Å². The number of nitrogens with zero attached hydrogens (tertiary/aromatic N) is 1. The molecule has 2 bridgehead atoms. The maximum Gasteiger partial charge on any atom is 0.170 e. The minimum atomic E-state index is -0.738. The molecule has 0 unspecified atom stereocenters. The first-order chi connectivity index (χ1) is 12.5. The summed E-state index contributed by atoms with van der Waals surface area (Å²) in [4.78, 5) is 15.2. The average Bonchev–Trinajstić information content (AvgIpc) is 3.25. The van der Waals surface area contributed by atoms with Crippen LogP contribution in [0, 0.1) is 11.8 Å². The smallest absolute Gasteiger partial charge is 0.170 e. The Balaban J connectivity index is 1.62. The van der Waals surface area contributed by atoms with Gasteiger partial charge in [0.05, 0.1) is 0 Å². The first kappa shape index (κ1) is 18.2. The highest BCUT2D eigenvalue weighted by Crippen LogP contribution is 2.45. The van der Waals surface area contributed by atoms with Gasteiger partial charge in [0, 0.05) is 30.1 Å². The van der Waals surface area contributed by atoms with Gasteiger partial charge in [-0.05, 0) is 68.6 Å². The molecule has 3 aliphatic rings. The van der Waals surface area contributed by atoms with Crippen molar-refractivity contribution in [3.63, 3.8) is 0 Å². The molecule has 0 aromatic heterocycles. The monoisotopic (exact) mass is 390 g/mol. The summed E-state index contributed by atoms with van der Waals surface area (Å²) >= 11 is 12.3. The Kier molecular flexibility index (Phi) is 5.00. The number of carbonyl (C=O) groups excluding carboxylic acids is 1. The lowest BCUT2D eigenvalue weighted by Gasteiger charge is -2.45. The van der Waals surface area contributed by atoms with E-state index in [2.05, 4.69) is 5.32 Å². The van der Waals surface area contributed by atoms with Crippen molar-refractivity contribution in [1.29, 1.82) is 0 Å². The Bertz CT molecular complexity index is 724. The molecule has 140 valence electrons. The Hall–Kier alpha value is -1.13. The van der Waals surface area contributed by atoms with Crippen LogP contribution < -0.4 is 5.32 Å². The summed E-state index contributed by atoms with van der Waals surface area (Å²) in [5.74, 6) is 1.83. The molecule has 0 aliphatic heterocycles. The van der Waals surface area contributed by atoms with Gasteiger partial charge in [-0.15, -0.1) is 0 Å². The van der Waals surface area contributed by atoms with E-state index in [0.29, 0.717) is 22.6 Å². The van der Waals surface area contributed by atoms with Gasteiger partial charge in [0.25, 0.3) is 0 Å². The van der Waals surface area contributed by atoms with Crippen LogP contribution >= 0.6 is 23.8 Å². The van der Waals surface area contributed by atoms with Gasteiger partial charge in [0.1, 0.15) is 5.54 Å². The molecule has 3 fully saturated rings. The van der Waals surface area contributed by atoms with Crippen molar-refractivity contribution in [3.05, 3.63) is 34.9 Å². The van der Waals surface area contributed by atoms with Gasteiger partial charge in [0.15, 0.2) is 10.9 Å². The Morgan fingerprint density at radius 3 is 2.73 bits per heavy atom. The molecule has 0 amide bonds. The molecule has 3 aliphatic carbocycles. The summed E-state index contributed by atoms with van der Waals surface area (Å²) in [5, 5.41) is 4.95. The number of fused-ring (bicyclic) bond motifs is 2. The summed E-state index contributed by atoms with van der Waals surface area (Å²) in [6, 6.07) is 8.21. The number of halogens is 1. The van der Waals surface area contributed by atoms with Crippen LogP contribution in [-0.4, -0.2) is 28.9 Å². The van der Waals surface area contributed by atoms with Crippen molar-refractivity contribution >= 4 is 34.7 Å². The molecule has 0 heterocycles. The van der Waals surface area contributed by atoms with Gasteiger partial charge < -0.3 is 10.2 Å². The number of hydrogen-bond donors (Lipinski definition) is 1. The Morgan fingerprint density at radius 2 is 2.08 bits per heavy atom. The van der Waals surface area contributed by atoms with Gasteiger partial charge in [-0.2, -0.15) is 0 Å².